The van der Waals surface area contributed by atoms with Crippen LogP contribution in [0.15, 0.2) is 49.1 Å². The number of benzene rings is 1. The van der Waals surface area contributed by atoms with Crippen LogP contribution < -0.4 is 9.80 Å². The number of ether oxygens (including phenoxy) is 1. The Morgan fingerprint density at radius 1 is 1.19 bits per heavy atom. The number of carbonyl (C=O) groups excluding carboxylic acids is 2. The monoisotopic (exact) mass is 358 g/mol. The predicted molar refractivity (Wildman–Crippen MR) is 108 cm³/mol. The first kappa shape index (κ1) is 21.5. The number of hydrogen-bond donors (Lipinski definition) is 0. The van der Waals surface area contributed by atoms with Crippen molar-refractivity contribution in [2.24, 2.45) is 5.92 Å². The second-order valence-corrected chi connectivity index (χ2v) is 6.65. The fourth-order valence-corrected chi connectivity index (χ4v) is 2.59. The lowest BCUT2D eigenvalue weighted by Gasteiger charge is -2.27. The first-order chi connectivity index (χ1) is 12.3. The zero-order valence-corrected chi connectivity index (χ0v) is 16.4. The van der Waals surface area contributed by atoms with Crippen molar-refractivity contribution in [2.75, 3.05) is 23.0 Å². The van der Waals surface area contributed by atoms with Crippen molar-refractivity contribution < 1.29 is 14.3 Å². The van der Waals surface area contributed by atoms with Crippen LogP contribution in [0.4, 0.5) is 16.2 Å². The zero-order chi connectivity index (χ0) is 19.7. The highest BCUT2D eigenvalue weighted by Crippen LogP contribution is 2.25. The summed E-state index contributed by atoms with van der Waals surface area (Å²) in [6.45, 7) is 13.8. The molecule has 0 aliphatic carbocycles. The summed E-state index contributed by atoms with van der Waals surface area (Å²) >= 11 is 0. The molecule has 0 aromatic heterocycles. The maximum absolute atomic E-state index is 12.5. The SMILES string of the molecule is C=CCN(C(=O)OCC=CC(C)C)c1cccc(N(C(C)=O)C(C)C)c1. The summed E-state index contributed by atoms with van der Waals surface area (Å²) in [5.74, 6) is 0.358. The van der Waals surface area contributed by atoms with E-state index >= 15 is 0 Å². The first-order valence-corrected chi connectivity index (χ1v) is 8.89. The van der Waals surface area contributed by atoms with Gasteiger partial charge in [0.05, 0.1) is 0 Å². The van der Waals surface area contributed by atoms with Crippen LogP contribution in [-0.2, 0) is 9.53 Å². The highest BCUT2D eigenvalue weighted by Gasteiger charge is 2.19. The summed E-state index contributed by atoms with van der Waals surface area (Å²) in [7, 11) is 0. The van der Waals surface area contributed by atoms with Gasteiger partial charge in [0, 0.05) is 30.9 Å². The van der Waals surface area contributed by atoms with Crippen molar-refractivity contribution in [3.63, 3.8) is 0 Å². The first-order valence-electron chi connectivity index (χ1n) is 8.89. The minimum Gasteiger partial charge on any atom is -0.445 e. The lowest BCUT2D eigenvalue weighted by molar-refractivity contribution is -0.116. The molecule has 26 heavy (non-hydrogen) atoms. The van der Waals surface area contributed by atoms with E-state index in [4.69, 9.17) is 4.74 Å². The van der Waals surface area contributed by atoms with E-state index in [-0.39, 0.29) is 18.6 Å². The van der Waals surface area contributed by atoms with Crippen LogP contribution in [0.25, 0.3) is 0 Å². The van der Waals surface area contributed by atoms with E-state index in [0.717, 1.165) is 5.69 Å². The van der Waals surface area contributed by atoms with Crippen molar-refractivity contribution in [1.82, 2.24) is 0 Å². The molecule has 0 aliphatic heterocycles. The summed E-state index contributed by atoms with van der Waals surface area (Å²) in [5, 5.41) is 0. The molecule has 1 rings (SSSR count). The summed E-state index contributed by atoms with van der Waals surface area (Å²) in [6.07, 6.45) is 5.01. The molecule has 0 aliphatic rings. The van der Waals surface area contributed by atoms with Gasteiger partial charge in [-0.25, -0.2) is 4.79 Å². The molecule has 5 nitrogen and oxygen atoms in total. The summed E-state index contributed by atoms with van der Waals surface area (Å²) in [5.41, 5.74) is 1.40. The van der Waals surface area contributed by atoms with Gasteiger partial charge in [0.25, 0.3) is 0 Å². The van der Waals surface area contributed by atoms with Crippen molar-refractivity contribution >= 4 is 23.4 Å². The summed E-state index contributed by atoms with van der Waals surface area (Å²) < 4.78 is 5.33. The predicted octanol–water partition coefficient (Wildman–Crippen LogP) is 4.79. The fraction of sp³-hybridized carbons (Fsp3) is 0.429. The minimum absolute atomic E-state index is 0.0173. The van der Waals surface area contributed by atoms with E-state index in [1.54, 1.807) is 11.0 Å². The van der Waals surface area contributed by atoms with Gasteiger partial charge >= 0.3 is 6.09 Å². The molecule has 0 radical (unpaired) electrons. The zero-order valence-electron chi connectivity index (χ0n) is 16.4. The Balaban J connectivity index is 3.02. The molecule has 0 atom stereocenters. The van der Waals surface area contributed by atoms with E-state index in [1.807, 2.05) is 50.3 Å². The highest BCUT2D eigenvalue weighted by atomic mass is 16.6. The topological polar surface area (TPSA) is 49.9 Å². The summed E-state index contributed by atoms with van der Waals surface area (Å²) in [4.78, 5) is 27.6. The van der Waals surface area contributed by atoms with Gasteiger partial charge in [-0.2, -0.15) is 0 Å². The van der Waals surface area contributed by atoms with Gasteiger partial charge in [0.1, 0.15) is 6.61 Å². The molecule has 0 N–H and O–H groups in total. The van der Waals surface area contributed by atoms with Crippen LogP contribution in [0.1, 0.15) is 34.6 Å². The third-order valence-corrected chi connectivity index (χ3v) is 3.63. The number of hydrogen-bond acceptors (Lipinski definition) is 3. The molecular formula is C21H30N2O3. The van der Waals surface area contributed by atoms with Crippen molar-refractivity contribution in [2.45, 2.75) is 40.7 Å². The second kappa shape index (κ2) is 10.4. The smallest absolute Gasteiger partial charge is 0.414 e. The number of rotatable bonds is 8. The number of allylic oxidation sites excluding steroid dienone is 1. The number of carbonyl (C=O) groups is 2. The van der Waals surface area contributed by atoms with Crippen molar-refractivity contribution in [3.05, 3.63) is 49.1 Å². The van der Waals surface area contributed by atoms with Gasteiger partial charge in [0.2, 0.25) is 5.91 Å². The van der Waals surface area contributed by atoms with Crippen LogP contribution >= 0.6 is 0 Å². The Kier molecular flexibility index (Phi) is 8.62. The van der Waals surface area contributed by atoms with Gasteiger partial charge in [-0.1, -0.05) is 38.1 Å². The molecule has 1 aromatic rings. The molecular weight excluding hydrogens is 328 g/mol. The third kappa shape index (κ3) is 6.39. The Bertz CT molecular complexity index is 650. The number of nitrogens with zero attached hydrogens (tertiary/aromatic N) is 2. The van der Waals surface area contributed by atoms with Crippen molar-refractivity contribution in [3.8, 4) is 0 Å². The second-order valence-electron chi connectivity index (χ2n) is 6.65. The standard InChI is InChI=1S/C21H30N2O3/c1-7-13-22(21(25)26-14-9-10-16(2)3)19-11-8-12-20(15-19)23(17(4)5)18(6)24/h7-12,15-17H,1,13-14H2,2-6H3. The Morgan fingerprint density at radius 2 is 1.85 bits per heavy atom. The minimum atomic E-state index is -0.450. The molecule has 0 bridgehead atoms. The van der Waals surface area contributed by atoms with Gasteiger partial charge in [-0.15, -0.1) is 6.58 Å². The molecule has 2 amide bonds. The van der Waals surface area contributed by atoms with Crippen LogP contribution in [-0.4, -0.2) is 31.2 Å². The largest absolute Gasteiger partial charge is 0.445 e. The quantitative estimate of drug-likeness (QED) is 0.628. The maximum atomic E-state index is 12.5. The molecule has 0 unspecified atom stereocenters. The number of amides is 2. The van der Waals surface area contributed by atoms with Gasteiger partial charge in [0.15, 0.2) is 0 Å². The summed E-state index contributed by atoms with van der Waals surface area (Å²) in [6, 6.07) is 7.33. The molecule has 0 heterocycles. The maximum Gasteiger partial charge on any atom is 0.414 e. The van der Waals surface area contributed by atoms with Crippen LogP contribution in [0.2, 0.25) is 0 Å². The Labute approximate surface area is 156 Å². The third-order valence-electron chi connectivity index (χ3n) is 3.63. The van der Waals surface area contributed by atoms with Gasteiger partial charge in [-0.05, 0) is 38.0 Å². The lowest BCUT2D eigenvalue weighted by Crippen LogP contribution is -2.36. The Hall–Kier alpha value is -2.56. The normalized spacial score (nSPS) is 11.0. The Morgan fingerprint density at radius 3 is 2.38 bits per heavy atom. The molecule has 142 valence electrons. The molecule has 0 spiro atoms. The van der Waals surface area contributed by atoms with Crippen LogP contribution in [0, 0.1) is 5.92 Å². The molecule has 0 fully saturated rings. The van der Waals surface area contributed by atoms with E-state index in [2.05, 4.69) is 20.4 Å². The highest BCUT2D eigenvalue weighted by molar-refractivity contribution is 5.94. The lowest BCUT2D eigenvalue weighted by atomic mass is 10.2. The molecule has 0 saturated carbocycles. The van der Waals surface area contributed by atoms with E-state index in [1.165, 1.54) is 11.8 Å². The average Bonchev–Trinajstić information content (AvgIpc) is 2.55. The van der Waals surface area contributed by atoms with Crippen LogP contribution in [0.3, 0.4) is 0 Å². The van der Waals surface area contributed by atoms with E-state index < -0.39 is 6.09 Å². The number of anilines is 2. The fourth-order valence-electron chi connectivity index (χ4n) is 2.59. The van der Waals surface area contributed by atoms with E-state index in [0.29, 0.717) is 18.2 Å². The molecule has 0 saturated heterocycles. The van der Waals surface area contributed by atoms with Crippen molar-refractivity contribution in [1.29, 1.82) is 0 Å². The van der Waals surface area contributed by atoms with Gasteiger partial charge < -0.3 is 9.64 Å². The van der Waals surface area contributed by atoms with Gasteiger partial charge in [-0.3, -0.25) is 9.69 Å². The van der Waals surface area contributed by atoms with E-state index in [9.17, 15) is 9.59 Å². The molecule has 1 aromatic carbocycles. The molecule has 5 heteroatoms. The van der Waals surface area contributed by atoms with Crippen LogP contribution in [0.5, 0.6) is 0 Å². The average molecular weight is 358 g/mol.